The highest BCUT2D eigenvalue weighted by molar-refractivity contribution is 6.23. The van der Waals surface area contributed by atoms with Gasteiger partial charge in [-0.1, -0.05) is 376 Å². The third-order valence-electron chi connectivity index (χ3n) is 25.9. The Bertz CT molecular complexity index is 8770. The number of pyridine rings is 1. The number of rotatable bonds is 15. The van der Waals surface area contributed by atoms with Crippen molar-refractivity contribution >= 4 is 98.3 Å². The van der Waals surface area contributed by atoms with Crippen molar-refractivity contribution in [3.8, 4) is 153 Å². The highest BCUT2D eigenvalue weighted by Crippen LogP contribution is 2.46. The molecule has 0 amide bonds. The number of nitrogens with zero attached hydrogens (tertiary/aromatic N) is 9. The average Bonchev–Trinajstić information content (AvgIpc) is 1.56. The summed E-state index contributed by atoms with van der Waals surface area (Å²) in [6.07, 6.45) is 0. The molecule has 648 valence electrons. The molecule has 0 saturated heterocycles. The predicted molar refractivity (Wildman–Crippen MR) is 564 cm³/mol. The zero-order valence-electron chi connectivity index (χ0n) is 74.5. The van der Waals surface area contributed by atoms with Crippen LogP contribution in [0.2, 0.25) is 0 Å². The van der Waals surface area contributed by atoms with Crippen molar-refractivity contribution in [3.05, 3.63) is 491 Å². The Morgan fingerprint density at radius 2 is 0.435 bits per heavy atom. The van der Waals surface area contributed by atoms with Gasteiger partial charge in [0.1, 0.15) is 39.8 Å². The first-order valence-corrected chi connectivity index (χ1v) is 46.3. The van der Waals surface area contributed by atoms with Gasteiger partial charge in [-0.25, -0.2) is 29.9 Å². The highest BCUT2D eigenvalue weighted by Gasteiger charge is 2.26. The Kier molecular flexibility index (Phi) is 20.6. The molecule has 138 heavy (non-hydrogen) atoms. The van der Waals surface area contributed by atoms with Crippen molar-refractivity contribution in [1.82, 2.24) is 43.6 Å². The average molecular weight is 1770 g/mol. The van der Waals surface area contributed by atoms with Crippen molar-refractivity contribution in [1.29, 1.82) is 0 Å². The Balaban J connectivity index is 0.000000110. The molecule has 12 heteroatoms. The predicted octanol–water partition coefficient (Wildman–Crippen LogP) is 33.0. The molecule has 0 fully saturated rings. The van der Waals surface area contributed by atoms with Gasteiger partial charge < -0.3 is 17.8 Å². The smallest absolute Gasteiger partial charge is 0.235 e. The van der Waals surface area contributed by atoms with Crippen LogP contribution in [0.15, 0.2) is 505 Å². The molecular weight excluding hydrogens is 1690 g/mol. The molecule has 0 aliphatic heterocycles. The number of furan rings is 3. The first-order chi connectivity index (χ1) is 68.4. The fraction of sp³-hybridized carbons (Fsp3) is 0. The molecule has 27 aromatic rings. The van der Waals surface area contributed by atoms with Gasteiger partial charge in [0.25, 0.3) is 0 Å². The quantitative estimate of drug-likeness (QED) is 0.0984. The maximum atomic E-state index is 6.62. The van der Waals surface area contributed by atoms with Gasteiger partial charge in [-0.15, -0.1) is 0 Å². The minimum absolute atomic E-state index is 0.615. The van der Waals surface area contributed by atoms with E-state index in [-0.39, 0.29) is 0 Å². The standard InChI is InChI=1S/C43H28N2O.C42H27N3O.C41H26N4O/c1-4-12-29(13-5-1)30-20-22-31(23-21-30)35-26-37(32-14-6-2-7-15-32)44-41(28-35)45-38-19-11-10-18-36(38)42-39(45)25-24-34-27-40(46-43(34)42)33-16-8-3-9-17-33;1-4-12-28(13-5-1)29-20-22-31(23-21-29)36-27-35(30-14-6-2-7-15-30)43-42(44-36)45-37-19-11-10-18-34(37)40-38(45)25-24-33-26-39(46-41(33)40)32-16-8-3-9-17-32;1-4-12-27(13-5-1)36-26-31-22-25-35-37(38(31)46-36)33-18-10-11-19-34(33)45(35)32-23-20-30(21-24-32)41-43-39(28-14-6-2-7-15-28)42-40(44-41)29-16-8-3-9-17-29/h1-28H;1-27H;1-26H. The Morgan fingerprint density at radius 3 is 0.819 bits per heavy atom. The molecule has 12 nitrogen and oxygen atoms in total. The second-order valence-corrected chi connectivity index (χ2v) is 34.4. The van der Waals surface area contributed by atoms with Crippen LogP contribution in [0, 0.1) is 0 Å². The number of para-hydroxylation sites is 3. The van der Waals surface area contributed by atoms with Crippen LogP contribution in [0.1, 0.15) is 0 Å². The Labute approximate surface area is 794 Å². The van der Waals surface area contributed by atoms with Gasteiger partial charge in [0.2, 0.25) is 5.95 Å². The Morgan fingerprint density at radius 1 is 0.167 bits per heavy atom. The summed E-state index contributed by atoms with van der Waals surface area (Å²) in [5, 5.41) is 9.87. The lowest BCUT2D eigenvalue weighted by molar-refractivity contribution is 0.635. The van der Waals surface area contributed by atoms with Crippen LogP contribution < -0.4 is 0 Å². The van der Waals surface area contributed by atoms with Crippen LogP contribution in [-0.2, 0) is 0 Å². The summed E-state index contributed by atoms with van der Waals surface area (Å²) in [7, 11) is 0. The van der Waals surface area contributed by atoms with E-state index < -0.39 is 0 Å². The minimum atomic E-state index is 0.615. The number of fused-ring (bicyclic) bond motifs is 15. The van der Waals surface area contributed by atoms with Crippen molar-refractivity contribution in [2.45, 2.75) is 0 Å². The SMILES string of the molecule is c1ccc(-c2ccc(-c3cc(-c4ccccc4)nc(-n4c5ccccc5c5c6oc(-c7ccccc7)cc6ccc54)c3)cc2)cc1.c1ccc(-c2ccc(-c3cc(-c4ccccc4)nc(-n4c5ccccc5c5c6oc(-c7ccccc7)cc6ccc54)n3)cc2)cc1.c1ccc(-c2nc(-c3ccccc3)nc(-c3ccc(-n4c5ccccc5c5c6oc(-c7ccccc7)cc6ccc54)cc3)n2)cc1. The maximum Gasteiger partial charge on any atom is 0.235 e. The lowest BCUT2D eigenvalue weighted by Gasteiger charge is -2.13. The second kappa shape index (κ2) is 35.1. The molecule has 0 aliphatic carbocycles. The van der Waals surface area contributed by atoms with Crippen molar-refractivity contribution in [2.24, 2.45) is 0 Å². The molecule has 0 unspecified atom stereocenters. The number of hydrogen-bond donors (Lipinski definition) is 0. The molecule has 18 aromatic carbocycles. The van der Waals surface area contributed by atoms with E-state index in [9.17, 15) is 0 Å². The maximum absolute atomic E-state index is 6.62. The van der Waals surface area contributed by atoms with Gasteiger partial charge in [0.15, 0.2) is 17.5 Å². The molecule has 0 N–H and O–H groups in total. The molecule has 0 atom stereocenters. The van der Waals surface area contributed by atoms with E-state index in [0.717, 1.165) is 205 Å². The van der Waals surface area contributed by atoms with Crippen LogP contribution in [0.25, 0.3) is 251 Å². The number of benzene rings is 18. The van der Waals surface area contributed by atoms with Crippen LogP contribution in [0.3, 0.4) is 0 Å². The lowest BCUT2D eigenvalue weighted by Crippen LogP contribution is -2.04. The van der Waals surface area contributed by atoms with Crippen molar-refractivity contribution in [2.75, 3.05) is 0 Å². The van der Waals surface area contributed by atoms with Crippen LogP contribution in [0.5, 0.6) is 0 Å². The summed E-state index contributed by atoms with van der Waals surface area (Å²) < 4.78 is 26.5. The first-order valence-electron chi connectivity index (χ1n) is 46.3. The van der Waals surface area contributed by atoms with Gasteiger partial charge in [0.05, 0.1) is 66.3 Å². The second-order valence-electron chi connectivity index (χ2n) is 34.4. The monoisotopic (exact) mass is 1770 g/mol. The summed E-state index contributed by atoms with van der Waals surface area (Å²) in [5.41, 5.74) is 28.9. The van der Waals surface area contributed by atoms with Gasteiger partial charge >= 0.3 is 0 Å². The van der Waals surface area contributed by atoms with Crippen LogP contribution in [-0.4, -0.2) is 43.6 Å². The van der Waals surface area contributed by atoms with Gasteiger partial charge in [-0.3, -0.25) is 9.13 Å². The summed E-state index contributed by atoms with van der Waals surface area (Å²) in [6.45, 7) is 0. The molecule has 9 aromatic heterocycles. The first kappa shape index (κ1) is 81.2. The van der Waals surface area contributed by atoms with E-state index in [4.69, 9.17) is 43.2 Å². The van der Waals surface area contributed by atoms with Crippen molar-refractivity contribution < 1.29 is 13.3 Å². The topological polar surface area (TPSA) is 132 Å². The van der Waals surface area contributed by atoms with E-state index in [1.807, 2.05) is 146 Å². The van der Waals surface area contributed by atoms with Crippen LogP contribution in [0.4, 0.5) is 0 Å². The fourth-order valence-corrected chi connectivity index (χ4v) is 19.3. The third-order valence-corrected chi connectivity index (χ3v) is 25.9. The van der Waals surface area contributed by atoms with E-state index in [2.05, 4.69) is 359 Å². The summed E-state index contributed by atoms with van der Waals surface area (Å²) in [5.74, 6) is 5.99. The Hall–Kier alpha value is -18.8. The van der Waals surface area contributed by atoms with Gasteiger partial charge in [-0.2, -0.15) is 0 Å². The molecular formula is C126H81N9O3. The summed E-state index contributed by atoms with van der Waals surface area (Å²) >= 11 is 0. The molecule has 0 saturated carbocycles. The summed E-state index contributed by atoms with van der Waals surface area (Å²) in [4.78, 5) is 30.4. The molecule has 0 spiro atoms. The van der Waals surface area contributed by atoms with Crippen LogP contribution >= 0.6 is 0 Å². The van der Waals surface area contributed by atoms with E-state index in [0.29, 0.717) is 23.4 Å². The van der Waals surface area contributed by atoms with Gasteiger partial charge in [-0.05, 0) is 149 Å². The zero-order chi connectivity index (χ0) is 91.4. The van der Waals surface area contributed by atoms with E-state index in [1.54, 1.807) is 0 Å². The molecule has 9 heterocycles. The molecule has 27 rings (SSSR count). The van der Waals surface area contributed by atoms with E-state index >= 15 is 0 Å². The molecule has 0 bridgehead atoms. The summed E-state index contributed by atoms with van der Waals surface area (Å²) in [6, 6.07) is 170. The fourth-order valence-electron chi connectivity index (χ4n) is 19.3. The largest absolute Gasteiger partial charge is 0.455 e. The van der Waals surface area contributed by atoms with Gasteiger partial charge in [0, 0.05) is 88.1 Å². The molecule has 0 radical (unpaired) electrons. The van der Waals surface area contributed by atoms with Crippen molar-refractivity contribution in [3.63, 3.8) is 0 Å². The van der Waals surface area contributed by atoms with E-state index in [1.165, 1.54) is 22.3 Å². The lowest BCUT2D eigenvalue weighted by atomic mass is 9.99. The zero-order valence-corrected chi connectivity index (χ0v) is 74.5. The normalized spacial score (nSPS) is 11.5. The number of hydrogen-bond acceptors (Lipinski definition) is 9. The minimum Gasteiger partial charge on any atom is -0.455 e. The number of aromatic nitrogens is 9. The third kappa shape index (κ3) is 15.2. The molecule has 0 aliphatic rings. The highest BCUT2D eigenvalue weighted by atomic mass is 16.3.